The van der Waals surface area contributed by atoms with Crippen molar-refractivity contribution in [2.75, 3.05) is 0 Å². The van der Waals surface area contributed by atoms with E-state index in [0.29, 0.717) is 11.6 Å². The molecule has 5 heteroatoms. The molecule has 4 rings (SSSR count). The lowest BCUT2D eigenvalue weighted by atomic mass is 9.96. The maximum Gasteiger partial charge on any atom is 0.338 e. The van der Waals surface area contributed by atoms with Crippen molar-refractivity contribution in [2.45, 2.75) is 45.1 Å². The minimum atomic E-state index is -0.877. The van der Waals surface area contributed by atoms with Crippen LogP contribution in [0.4, 0.5) is 0 Å². The Bertz CT molecular complexity index is 945. The molecule has 0 aliphatic heterocycles. The van der Waals surface area contributed by atoms with Gasteiger partial charge in [0, 0.05) is 35.5 Å². The Morgan fingerprint density at radius 3 is 2.72 bits per heavy atom. The van der Waals surface area contributed by atoms with Crippen LogP contribution < -0.4 is 0 Å². The number of hydrogen-bond acceptors (Lipinski definition) is 2. The number of benzene rings is 1. The van der Waals surface area contributed by atoms with Crippen molar-refractivity contribution in [3.05, 3.63) is 41.9 Å². The first kappa shape index (κ1) is 15.9. The third kappa shape index (κ3) is 2.54. The van der Waals surface area contributed by atoms with E-state index in [0.717, 1.165) is 27.7 Å². The highest BCUT2D eigenvalue weighted by Gasteiger charge is 2.21. The van der Waals surface area contributed by atoms with Crippen LogP contribution in [0.5, 0.6) is 0 Å². The standard InChI is InChI=1S/C20H23N3O2/c1-13-18(20(24)25)17-10-6-9-16(19(17)22(13)2)14-11-21-23(12-14)15-7-4-3-5-8-15/h6,9-12,15H,3-5,7-8H2,1-2H3,(H,24,25). The van der Waals surface area contributed by atoms with E-state index in [-0.39, 0.29) is 0 Å². The van der Waals surface area contributed by atoms with E-state index in [1.54, 1.807) is 0 Å². The lowest BCUT2D eigenvalue weighted by Gasteiger charge is -2.21. The van der Waals surface area contributed by atoms with E-state index in [2.05, 4.69) is 22.0 Å². The van der Waals surface area contributed by atoms with Crippen LogP contribution in [-0.4, -0.2) is 25.4 Å². The van der Waals surface area contributed by atoms with Crippen LogP contribution in [0, 0.1) is 6.92 Å². The van der Waals surface area contributed by atoms with E-state index in [4.69, 9.17) is 0 Å². The van der Waals surface area contributed by atoms with E-state index in [9.17, 15) is 9.90 Å². The summed E-state index contributed by atoms with van der Waals surface area (Å²) in [5.41, 5.74) is 4.21. The van der Waals surface area contributed by atoms with Gasteiger partial charge in [-0.3, -0.25) is 4.68 Å². The van der Waals surface area contributed by atoms with Crippen molar-refractivity contribution in [2.24, 2.45) is 7.05 Å². The van der Waals surface area contributed by atoms with Crippen molar-refractivity contribution in [3.8, 4) is 11.1 Å². The summed E-state index contributed by atoms with van der Waals surface area (Å²) >= 11 is 0. The molecule has 0 atom stereocenters. The Balaban J connectivity index is 1.84. The van der Waals surface area contributed by atoms with Crippen LogP contribution in [0.25, 0.3) is 22.0 Å². The van der Waals surface area contributed by atoms with Crippen LogP contribution in [0.1, 0.15) is 54.2 Å². The van der Waals surface area contributed by atoms with Crippen LogP contribution in [0.3, 0.4) is 0 Å². The number of aryl methyl sites for hydroxylation is 1. The van der Waals surface area contributed by atoms with E-state index < -0.39 is 5.97 Å². The second-order valence-corrected chi connectivity index (χ2v) is 7.03. The highest BCUT2D eigenvalue weighted by Crippen LogP contribution is 2.35. The third-order valence-electron chi connectivity index (χ3n) is 5.58. The molecule has 130 valence electrons. The molecule has 0 amide bonds. The second kappa shape index (κ2) is 6.06. The number of aromatic nitrogens is 3. The fraction of sp³-hybridized carbons (Fsp3) is 0.400. The number of carboxylic acid groups (broad SMARTS) is 1. The molecule has 0 unspecified atom stereocenters. The maximum atomic E-state index is 11.7. The van der Waals surface area contributed by atoms with E-state index >= 15 is 0 Å². The fourth-order valence-corrected chi connectivity index (χ4v) is 4.16. The Hall–Kier alpha value is -2.56. The van der Waals surface area contributed by atoms with E-state index in [1.807, 2.05) is 36.9 Å². The molecule has 1 fully saturated rings. The first-order valence-electron chi connectivity index (χ1n) is 8.93. The molecule has 25 heavy (non-hydrogen) atoms. The van der Waals surface area contributed by atoms with Gasteiger partial charge in [0.2, 0.25) is 0 Å². The summed E-state index contributed by atoms with van der Waals surface area (Å²) in [7, 11) is 1.93. The number of carbonyl (C=O) groups is 1. The molecule has 2 heterocycles. The second-order valence-electron chi connectivity index (χ2n) is 7.03. The summed E-state index contributed by atoms with van der Waals surface area (Å²) in [4.78, 5) is 11.7. The molecule has 0 bridgehead atoms. The number of carboxylic acids is 1. The van der Waals surface area contributed by atoms with Gasteiger partial charge in [-0.05, 0) is 19.8 Å². The summed E-state index contributed by atoms with van der Waals surface area (Å²) in [6.07, 6.45) is 10.3. The number of nitrogens with zero attached hydrogens (tertiary/aromatic N) is 3. The molecule has 0 radical (unpaired) electrons. The van der Waals surface area contributed by atoms with Crippen LogP contribution in [0.15, 0.2) is 30.6 Å². The predicted octanol–water partition coefficient (Wildman–Crippen LogP) is 4.55. The zero-order valence-corrected chi connectivity index (χ0v) is 14.7. The zero-order valence-electron chi connectivity index (χ0n) is 14.7. The minimum Gasteiger partial charge on any atom is -0.478 e. The van der Waals surface area contributed by atoms with Crippen molar-refractivity contribution < 1.29 is 9.90 Å². The Morgan fingerprint density at radius 2 is 2.00 bits per heavy atom. The highest BCUT2D eigenvalue weighted by molar-refractivity contribution is 6.08. The molecule has 1 saturated carbocycles. The first-order chi connectivity index (χ1) is 12.1. The van der Waals surface area contributed by atoms with Gasteiger partial charge in [-0.25, -0.2) is 4.79 Å². The van der Waals surface area contributed by atoms with Gasteiger partial charge in [0.05, 0.1) is 23.3 Å². The van der Waals surface area contributed by atoms with Gasteiger partial charge in [0.25, 0.3) is 0 Å². The summed E-state index contributed by atoms with van der Waals surface area (Å²) in [5, 5.41) is 15.0. The Labute approximate surface area is 146 Å². The summed E-state index contributed by atoms with van der Waals surface area (Å²) in [6, 6.07) is 6.37. The first-order valence-corrected chi connectivity index (χ1v) is 8.93. The number of para-hydroxylation sites is 1. The van der Waals surface area contributed by atoms with Gasteiger partial charge in [0.15, 0.2) is 0 Å². The predicted molar refractivity (Wildman–Crippen MR) is 98.0 cm³/mol. The number of fused-ring (bicyclic) bond motifs is 1. The SMILES string of the molecule is Cc1c(C(=O)O)c2cccc(-c3cnn(C4CCCCC4)c3)c2n1C. The quantitative estimate of drug-likeness (QED) is 0.762. The molecule has 5 nitrogen and oxygen atoms in total. The van der Waals surface area contributed by atoms with Crippen molar-refractivity contribution in [3.63, 3.8) is 0 Å². The molecular weight excluding hydrogens is 314 g/mol. The summed E-state index contributed by atoms with van der Waals surface area (Å²) < 4.78 is 4.08. The molecule has 0 saturated heterocycles. The molecular formula is C20H23N3O2. The average molecular weight is 337 g/mol. The summed E-state index contributed by atoms with van der Waals surface area (Å²) in [5.74, 6) is -0.877. The molecule has 1 N–H and O–H groups in total. The third-order valence-corrected chi connectivity index (χ3v) is 5.58. The maximum absolute atomic E-state index is 11.7. The molecule has 2 aromatic heterocycles. The Kier molecular flexibility index (Phi) is 3.86. The lowest BCUT2D eigenvalue weighted by molar-refractivity contribution is 0.0698. The van der Waals surface area contributed by atoms with Gasteiger partial charge in [0.1, 0.15) is 0 Å². The average Bonchev–Trinajstić information content (AvgIpc) is 3.20. The van der Waals surface area contributed by atoms with Gasteiger partial charge in [-0.15, -0.1) is 0 Å². The highest BCUT2D eigenvalue weighted by atomic mass is 16.4. The molecule has 0 spiro atoms. The van der Waals surface area contributed by atoms with Crippen molar-refractivity contribution >= 4 is 16.9 Å². The molecule has 1 aromatic carbocycles. The number of aromatic carboxylic acids is 1. The van der Waals surface area contributed by atoms with Gasteiger partial charge >= 0.3 is 5.97 Å². The van der Waals surface area contributed by atoms with Crippen LogP contribution in [0.2, 0.25) is 0 Å². The van der Waals surface area contributed by atoms with Crippen LogP contribution >= 0.6 is 0 Å². The van der Waals surface area contributed by atoms with Crippen LogP contribution in [-0.2, 0) is 7.05 Å². The fourth-order valence-electron chi connectivity index (χ4n) is 4.16. The van der Waals surface area contributed by atoms with Gasteiger partial charge < -0.3 is 9.67 Å². The number of rotatable bonds is 3. The minimum absolute atomic E-state index is 0.388. The zero-order chi connectivity index (χ0) is 17.6. The van der Waals surface area contributed by atoms with Crippen molar-refractivity contribution in [1.82, 2.24) is 14.3 Å². The summed E-state index contributed by atoms with van der Waals surface area (Å²) in [6.45, 7) is 1.86. The van der Waals surface area contributed by atoms with Crippen molar-refractivity contribution in [1.29, 1.82) is 0 Å². The normalized spacial score (nSPS) is 15.8. The molecule has 1 aliphatic carbocycles. The van der Waals surface area contributed by atoms with Gasteiger partial charge in [-0.1, -0.05) is 37.5 Å². The smallest absolute Gasteiger partial charge is 0.338 e. The number of hydrogen-bond donors (Lipinski definition) is 1. The largest absolute Gasteiger partial charge is 0.478 e. The molecule has 3 aromatic rings. The lowest BCUT2D eigenvalue weighted by Crippen LogP contribution is -2.12. The van der Waals surface area contributed by atoms with E-state index in [1.165, 1.54) is 32.1 Å². The topological polar surface area (TPSA) is 60.0 Å². The van der Waals surface area contributed by atoms with Gasteiger partial charge in [-0.2, -0.15) is 5.10 Å². The monoisotopic (exact) mass is 337 g/mol. The molecule has 1 aliphatic rings. The Morgan fingerprint density at radius 1 is 1.24 bits per heavy atom.